The quantitative estimate of drug-likeness (QED) is 0.307. The molecule has 0 unspecified atom stereocenters. The van der Waals surface area contributed by atoms with Crippen LogP contribution in [0.2, 0.25) is 0 Å². The molecule has 0 bridgehead atoms. The molecule has 14 heteroatoms. The van der Waals surface area contributed by atoms with E-state index in [1.807, 2.05) is 5.32 Å². The Morgan fingerprint density at radius 1 is 1.15 bits per heavy atom. The average Bonchev–Trinajstić information content (AvgIpc) is 3.39. The maximum Gasteiger partial charge on any atom is 0.405 e. The Balaban J connectivity index is 1.49. The summed E-state index contributed by atoms with van der Waals surface area (Å²) in [5, 5.41) is 9.00. The summed E-state index contributed by atoms with van der Waals surface area (Å²) < 4.78 is 39.2. The number of imidazole rings is 1. The lowest BCUT2D eigenvalue weighted by molar-refractivity contribution is -0.123. The molecule has 0 spiro atoms. The maximum atomic E-state index is 12.6. The van der Waals surface area contributed by atoms with Crippen molar-refractivity contribution in [2.24, 2.45) is 0 Å². The topological polar surface area (TPSA) is 152 Å². The number of halogens is 3. The Morgan fingerprint density at radius 2 is 1.94 bits per heavy atom. The van der Waals surface area contributed by atoms with Gasteiger partial charge in [-0.05, 0) is 17.7 Å². The standard InChI is InChI=1S/C20H15F3N10O/c21-20(22,23)7-26-18(34)12-6-33-15(16(24)27-9-29-33)14(12)10-1-3-11(4-2-10)30-19-31-13-5-25-8-28-17(13)32-19/h1-6,8-9H,7H2,(H,26,34)(H2,24,27,29)(H2,25,28,30,31,32). The van der Waals surface area contributed by atoms with E-state index in [4.69, 9.17) is 5.73 Å². The molecule has 172 valence electrons. The molecule has 0 aliphatic rings. The summed E-state index contributed by atoms with van der Waals surface area (Å²) in [6.45, 7) is -1.47. The summed E-state index contributed by atoms with van der Waals surface area (Å²) in [5.41, 5.74) is 8.94. The molecule has 0 radical (unpaired) electrons. The largest absolute Gasteiger partial charge is 0.405 e. The summed E-state index contributed by atoms with van der Waals surface area (Å²) >= 11 is 0. The fourth-order valence-electron chi connectivity index (χ4n) is 3.45. The van der Waals surface area contributed by atoms with Crippen molar-refractivity contribution in [1.82, 2.24) is 39.9 Å². The first-order valence-electron chi connectivity index (χ1n) is 9.78. The Kier molecular flexibility index (Phi) is 4.96. The molecule has 34 heavy (non-hydrogen) atoms. The number of hydrogen-bond acceptors (Lipinski definition) is 8. The van der Waals surface area contributed by atoms with Crippen molar-refractivity contribution in [2.75, 3.05) is 17.6 Å². The number of nitrogen functional groups attached to an aromatic ring is 1. The first kappa shape index (κ1) is 21.1. The number of nitrogens with two attached hydrogens (primary N) is 1. The van der Waals surface area contributed by atoms with Crippen LogP contribution in [-0.2, 0) is 0 Å². The predicted molar refractivity (Wildman–Crippen MR) is 116 cm³/mol. The number of aromatic nitrogens is 7. The second-order valence-electron chi connectivity index (χ2n) is 7.20. The molecular weight excluding hydrogens is 453 g/mol. The lowest BCUT2D eigenvalue weighted by Crippen LogP contribution is -2.33. The van der Waals surface area contributed by atoms with E-state index in [-0.39, 0.29) is 11.4 Å². The fraction of sp³-hybridized carbons (Fsp3) is 0.100. The average molecular weight is 468 g/mol. The van der Waals surface area contributed by atoms with Crippen molar-refractivity contribution in [3.05, 3.63) is 54.9 Å². The number of carbonyl (C=O) groups is 1. The van der Waals surface area contributed by atoms with Crippen molar-refractivity contribution in [1.29, 1.82) is 0 Å². The molecule has 0 atom stereocenters. The van der Waals surface area contributed by atoms with Crippen molar-refractivity contribution in [3.8, 4) is 11.1 Å². The molecule has 0 aliphatic heterocycles. The molecule has 5 rings (SSSR count). The number of amides is 1. The molecular formula is C20H15F3N10O. The number of fused-ring (bicyclic) bond motifs is 2. The first-order valence-corrected chi connectivity index (χ1v) is 9.78. The Bertz CT molecular complexity index is 1470. The number of hydrogen-bond donors (Lipinski definition) is 4. The van der Waals surface area contributed by atoms with Crippen LogP contribution in [-0.4, -0.2) is 53.2 Å². The Hall–Kier alpha value is -4.75. The summed E-state index contributed by atoms with van der Waals surface area (Å²) in [7, 11) is 0. The van der Waals surface area contributed by atoms with Gasteiger partial charge in [-0.1, -0.05) is 12.1 Å². The number of nitrogens with one attached hydrogen (secondary N) is 3. The van der Waals surface area contributed by atoms with Gasteiger partial charge in [0.15, 0.2) is 11.5 Å². The maximum absolute atomic E-state index is 12.6. The van der Waals surface area contributed by atoms with E-state index in [1.165, 1.54) is 23.4 Å². The van der Waals surface area contributed by atoms with Crippen LogP contribution in [0.5, 0.6) is 0 Å². The van der Waals surface area contributed by atoms with E-state index >= 15 is 0 Å². The minimum absolute atomic E-state index is 0.0204. The van der Waals surface area contributed by atoms with Crippen LogP contribution in [0.3, 0.4) is 0 Å². The second-order valence-corrected chi connectivity index (χ2v) is 7.20. The third-order valence-corrected chi connectivity index (χ3v) is 4.89. The minimum Gasteiger partial charge on any atom is -0.382 e. The number of rotatable bonds is 5. The highest BCUT2D eigenvalue weighted by molar-refractivity contribution is 6.07. The van der Waals surface area contributed by atoms with Crippen LogP contribution >= 0.6 is 0 Å². The highest BCUT2D eigenvalue weighted by Gasteiger charge is 2.29. The zero-order valence-electron chi connectivity index (χ0n) is 17.1. The number of nitrogens with zero attached hydrogens (tertiary/aromatic N) is 6. The first-order chi connectivity index (χ1) is 16.3. The van der Waals surface area contributed by atoms with Gasteiger partial charge in [-0.25, -0.2) is 19.5 Å². The molecule has 0 aliphatic carbocycles. The molecule has 4 heterocycles. The highest BCUT2D eigenvalue weighted by atomic mass is 19.4. The van der Waals surface area contributed by atoms with Gasteiger partial charge in [-0.15, -0.1) is 0 Å². The Morgan fingerprint density at radius 3 is 2.68 bits per heavy atom. The minimum atomic E-state index is -4.55. The highest BCUT2D eigenvalue weighted by Crippen LogP contribution is 2.33. The van der Waals surface area contributed by atoms with Gasteiger partial charge < -0.3 is 21.4 Å². The summed E-state index contributed by atoms with van der Waals surface area (Å²) in [4.78, 5) is 31.9. The van der Waals surface area contributed by atoms with Gasteiger partial charge in [0.05, 0.1) is 11.8 Å². The van der Waals surface area contributed by atoms with Crippen LogP contribution in [0.1, 0.15) is 10.4 Å². The molecule has 1 aromatic carbocycles. The molecule has 0 saturated carbocycles. The van der Waals surface area contributed by atoms with E-state index in [0.717, 1.165) is 0 Å². The zero-order chi connectivity index (χ0) is 23.9. The van der Waals surface area contributed by atoms with Crippen molar-refractivity contribution in [2.45, 2.75) is 6.18 Å². The van der Waals surface area contributed by atoms with Gasteiger partial charge in [0.1, 0.15) is 30.2 Å². The molecule has 1 amide bonds. The van der Waals surface area contributed by atoms with Gasteiger partial charge in [-0.3, -0.25) is 4.79 Å². The molecule has 0 fully saturated rings. The van der Waals surface area contributed by atoms with Crippen molar-refractivity contribution in [3.63, 3.8) is 0 Å². The number of benzene rings is 1. The van der Waals surface area contributed by atoms with E-state index in [1.54, 1.807) is 30.5 Å². The van der Waals surface area contributed by atoms with E-state index in [9.17, 15) is 18.0 Å². The van der Waals surface area contributed by atoms with Gasteiger partial charge in [-0.2, -0.15) is 23.3 Å². The summed E-state index contributed by atoms with van der Waals surface area (Å²) in [6.07, 6.45) is 0.940. The number of alkyl halides is 3. The number of carbonyl (C=O) groups excluding carboxylic acids is 1. The third kappa shape index (κ3) is 4.03. The molecule has 0 saturated heterocycles. The summed E-state index contributed by atoms with van der Waals surface area (Å²) in [5.74, 6) is -0.393. The van der Waals surface area contributed by atoms with E-state index in [2.05, 4.69) is 35.3 Å². The summed E-state index contributed by atoms with van der Waals surface area (Å²) in [6, 6.07) is 6.81. The van der Waals surface area contributed by atoms with Crippen molar-refractivity contribution >= 4 is 40.0 Å². The predicted octanol–water partition coefficient (Wildman–Crippen LogP) is 2.68. The fourth-order valence-corrected chi connectivity index (χ4v) is 3.45. The van der Waals surface area contributed by atoms with Crippen LogP contribution in [0.15, 0.2) is 49.3 Å². The molecule has 11 nitrogen and oxygen atoms in total. The van der Waals surface area contributed by atoms with Gasteiger partial charge in [0.2, 0.25) is 5.95 Å². The monoisotopic (exact) mass is 468 g/mol. The normalized spacial score (nSPS) is 11.7. The SMILES string of the molecule is Nc1ncnn2cc(C(=O)NCC(F)(F)F)c(-c3ccc(Nc4nc5ncncc5[nH]4)cc3)c12. The molecule has 5 N–H and O–H groups in total. The van der Waals surface area contributed by atoms with Gasteiger partial charge in [0, 0.05) is 17.4 Å². The molecule has 5 aromatic rings. The van der Waals surface area contributed by atoms with Gasteiger partial charge in [0.25, 0.3) is 5.91 Å². The lowest BCUT2D eigenvalue weighted by Gasteiger charge is -2.10. The van der Waals surface area contributed by atoms with Crippen LogP contribution in [0.25, 0.3) is 27.8 Å². The van der Waals surface area contributed by atoms with Crippen molar-refractivity contribution < 1.29 is 18.0 Å². The third-order valence-electron chi connectivity index (χ3n) is 4.89. The lowest BCUT2D eigenvalue weighted by atomic mass is 10.0. The van der Waals surface area contributed by atoms with Crippen LogP contribution in [0, 0.1) is 0 Å². The van der Waals surface area contributed by atoms with Gasteiger partial charge >= 0.3 is 6.18 Å². The molecule has 4 aromatic heterocycles. The Labute approximate surface area is 188 Å². The van der Waals surface area contributed by atoms with Crippen LogP contribution in [0.4, 0.5) is 30.6 Å². The number of H-pyrrole nitrogens is 1. The van der Waals surface area contributed by atoms with E-state index < -0.39 is 18.6 Å². The van der Waals surface area contributed by atoms with E-state index in [0.29, 0.717) is 39.4 Å². The number of anilines is 3. The number of aromatic amines is 1. The second kappa shape index (κ2) is 7.99. The zero-order valence-corrected chi connectivity index (χ0v) is 17.1. The van der Waals surface area contributed by atoms with Crippen LogP contribution < -0.4 is 16.4 Å². The smallest absolute Gasteiger partial charge is 0.382 e.